The largest absolute Gasteiger partial charge is 0.468 e. The molecule has 7 heteroatoms. The van der Waals surface area contributed by atoms with E-state index < -0.39 is 21.2 Å². The average Bonchev–Trinajstić information content (AvgIpc) is 2.81. The molecule has 2 fully saturated rings. The van der Waals surface area contributed by atoms with E-state index in [1.165, 1.54) is 18.3 Å². The molecule has 3 atom stereocenters. The van der Waals surface area contributed by atoms with Crippen LogP contribution in [0.25, 0.3) is 0 Å². The molecule has 3 unspecified atom stereocenters. The highest BCUT2D eigenvalue weighted by Gasteiger charge is 2.43. The van der Waals surface area contributed by atoms with Crippen LogP contribution in [0.15, 0.2) is 0 Å². The Morgan fingerprint density at radius 2 is 2.17 bits per heavy atom. The van der Waals surface area contributed by atoms with Gasteiger partial charge in [0.15, 0.2) is 5.25 Å². The van der Waals surface area contributed by atoms with Gasteiger partial charge in [0.05, 0.1) is 7.11 Å². The second-order valence-electron chi connectivity index (χ2n) is 4.99. The molecule has 0 aromatic rings. The van der Waals surface area contributed by atoms with Crippen LogP contribution < -0.4 is 5.32 Å². The number of sulfonamides is 1. The summed E-state index contributed by atoms with van der Waals surface area (Å²) in [5.74, 6) is -0.323. The maximum Gasteiger partial charge on any atom is 0.325 e. The van der Waals surface area contributed by atoms with E-state index in [2.05, 4.69) is 10.1 Å². The third-order valence-corrected chi connectivity index (χ3v) is 6.01. The predicted octanol–water partition coefficient (Wildman–Crippen LogP) is -0.438. The Morgan fingerprint density at radius 3 is 2.78 bits per heavy atom. The van der Waals surface area contributed by atoms with Gasteiger partial charge in [-0.2, -0.15) is 4.31 Å². The molecule has 0 spiro atoms. The standard InChI is InChI=1S/C11H20N2O4S/c1-8(11(14)17-2)18(15,16)13-6-9-4-3-5-12-10(9)7-13/h8-10,12H,3-7H2,1-2H3. The van der Waals surface area contributed by atoms with Crippen LogP contribution in [0.4, 0.5) is 0 Å². The summed E-state index contributed by atoms with van der Waals surface area (Å²) in [6.45, 7) is 3.31. The van der Waals surface area contributed by atoms with Crippen molar-refractivity contribution in [3.8, 4) is 0 Å². The molecule has 2 saturated heterocycles. The monoisotopic (exact) mass is 276 g/mol. The Bertz CT molecular complexity index is 409. The number of methoxy groups -OCH3 is 1. The van der Waals surface area contributed by atoms with Crippen LogP contribution in [-0.4, -0.2) is 56.7 Å². The molecular formula is C11H20N2O4S. The van der Waals surface area contributed by atoms with Gasteiger partial charge in [0.25, 0.3) is 0 Å². The summed E-state index contributed by atoms with van der Waals surface area (Å²) < 4.78 is 30.5. The predicted molar refractivity (Wildman–Crippen MR) is 66.5 cm³/mol. The molecule has 0 radical (unpaired) electrons. The van der Waals surface area contributed by atoms with Gasteiger partial charge >= 0.3 is 5.97 Å². The lowest BCUT2D eigenvalue weighted by atomic mass is 9.94. The van der Waals surface area contributed by atoms with E-state index in [4.69, 9.17) is 0 Å². The summed E-state index contributed by atoms with van der Waals surface area (Å²) in [6.07, 6.45) is 2.14. The number of hydrogen-bond acceptors (Lipinski definition) is 5. The molecule has 2 aliphatic rings. The van der Waals surface area contributed by atoms with Gasteiger partial charge < -0.3 is 10.1 Å². The van der Waals surface area contributed by atoms with E-state index in [1.807, 2.05) is 0 Å². The van der Waals surface area contributed by atoms with Crippen molar-refractivity contribution in [2.24, 2.45) is 5.92 Å². The van der Waals surface area contributed by atoms with Crippen LogP contribution in [0.2, 0.25) is 0 Å². The van der Waals surface area contributed by atoms with E-state index in [1.54, 1.807) is 0 Å². The van der Waals surface area contributed by atoms with Crippen LogP contribution in [0.3, 0.4) is 0 Å². The highest BCUT2D eigenvalue weighted by molar-refractivity contribution is 7.90. The Morgan fingerprint density at radius 1 is 1.44 bits per heavy atom. The molecule has 0 aromatic heterocycles. The Kier molecular flexibility index (Phi) is 3.93. The first-order chi connectivity index (χ1) is 8.46. The van der Waals surface area contributed by atoms with Crippen molar-refractivity contribution < 1.29 is 17.9 Å². The van der Waals surface area contributed by atoms with Crippen molar-refractivity contribution in [1.29, 1.82) is 0 Å². The number of esters is 1. The minimum atomic E-state index is -3.59. The summed E-state index contributed by atoms with van der Waals surface area (Å²) >= 11 is 0. The van der Waals surface area contributed by atoms with E-state index in [0.29, 0.717) is 19.0 Å². The molecule has 2 heterocycles. The summed E-state index contributed by atoms with van der Waals surface area (Å²) in [4.78, 5) is 11.4. The quantitative estimate of drug-likeness (QED) is 0.707. The van der Waals surface area contributed by atoms with Gasteiger partial charge in [-0.15, -0.1) is 0 Å². The minimum Gasteiger partial charge on any atom is -0.468 e. The molecule has 18 heavy (non-hydrogen) atoms. The zero-order valence-corrected chi connectivity index (χ0v) is 11.6. The smallest absolute Gasteiger partial charge is 0.325 e. The van der Waals surface area contributed by atoms with Crippen molar-refractivity contribution in [3.05, 3.63) is 0 Å². The number of carbonyl (C=O) groups excluding carboxylic acids is 1. The molecule has 104 valence electrons. The van der Waals surface area contributed by atoms with E-state index in [-0.39, 0.29) is 6.04 Å². The van der Waals surface area contributed by atoms with Crippen LogP contribution in [0, 0.1) is 5.92 Å². The normalized spacial score (nSPS) is 30.8. The van der Waals surface area contributed by atoms with Crippen LogP contribution in [-0.2, 0) is 19.6 Å². The first-order valence-electron chi connectivity index (χ1n) is 6.27. The fourth-order valence-electron chi connectivity index (χ4n) is 2.73. The maximum atomic E-state index is 12.3. The lowest BCUT2D eigenvalue weighted by Crippen LogP contribution is -2.43. The number of fused-ring (bicyclic) bond motifs is 1. The molecule has 6 nitrogen and oxygen atoms in total. The lowest BCUT2D eigenvalue weighted by molar-refractivity contribution is -0.139. The first kappa shape index (κ1) is 13.8. The summed E-state index contributed by atoms with van der Waals surface area (Å²) in [6, 6.07) is 0.235. The highest BCUT2D eigenvalue weighted by Crippen LogP contribution is 2.28. The average molecular weight is 276 g/mol. The second-order valence-corrected chi connectivity index (χ2v) is 7.24. The summed E-state index contributed by atoms with van der Waals surface area (Å²) in [5, 5.41) is 2.22. The SMILES string of the molecule is COC(=O)C(C)S(=O)(=O)N1CC2CCCNC2C1. The molecule has 1 N–H and O–H groups in total. The van der Waals surface area contributed by atoms with Crippen molar-refractivity contribution in [2.45, 2.75) is 31.1 Å². The van der Waals surface area contributed by atoms with Crippen molar-refractivity contribution >= 4 is 16.0 Å². The third kappa shape index (κ3) is 2.39. The second kappa shape index (κ2) is 5.14. The van der Waals surface area contributed by atoms with Gasteiger partial charge in [0, 0.05) is 19.1 Å². The summed E-state index contributed by atoms with van der Waals surface area (Å²) in [7, 11) is -2.38. The van der Waals surface area contributed by atoms with Gasteiger partial charge in [-0.05, 0) is 32.2 Å². The number of nitrogens with one attached hydrogen (secondary N) is 1. The Hall–Kier alpha value is -0.660. The van der Waals surface area contributed by atoms with Gasteiger partial charge in [-0.1, -0.05) is 0 Å². The van der Waals surface area contributed by atoms with Crippen molar-refractivity contribution in [3.63, 3.8) is 0 Å². The molecule has 0 bridgehead atoms. The van der Waals surface area contributed by atoms with Gasteiger partial charge in [0.2, 0.25) is 10.0 Å². The van der Waals surface area contributed by atoms with E-state index in [9.17, 15) is 13.2 Å². The molecule has 2 rings (SSSR count). The zero-order valence-electron chi connectivity index (χ0n) is 10.8. The lowest BCUT2D eigenvalue weighted by Gasteiger charge is -2.24. The zero-order chi connectivity index (χ0) is 13.3. The van der Waals surface area contributed by atoms with Crippen molar-refractivity contribution in [1.82, 2.24) is 9.62 Å². The molecule has 0 aromatic carbocycles. The van der Waals surface area contributed by atoms with Gasteiger partial charge in [-0.3, -0.25) is 4.79 Å². The topological polar surface area (TPSA) is 75.7 Å². The van der Waals surface area contributed by atoms with Crippen LogP contribution >= 0.6 is 0 Å². The Labute approximate surface area is 108 Å². The molecule has 0 amide bonds. The highest BCUT2D eigenvalue weighted by atomic mass is 32.2. The number of rotatable bonds is 3. The molecule has 0 saturated carbocycles. The van der Waals surface area contributed by atoms with Gasteiger partial charge in [0.1, 0.15) is 0 Å². The number of nitrogens with zero attached hydrogens (tertiary/aromatic N) is 1. The minimum absolute atomic E-state index is 0.235. The number of hydrogen-bond donors (Lipinski definition) is 1. The number of piperidine rings is 1. The maximum absolute atomic E-state index is 12.3. The van der Waals surface area contributed by atoms with Crippen LogP contribution in [0.5, 0.6) is 0 Å². The van der Waals surface area contributed by atoms with Gasteiger partial charge in [-0.25, -0.2) is 8.42 Å². The first-order valence-corrected chi connectivity index (χ1v) is 7.77. The molecular weight excluding hydrogens is 256 g/mol. The fourth-order valence-corrected chi connectivity index (χ4v) is 4.28. The number of ether oxygens (including phenoxy) is 1. The van der Waals surface area contributed by atoms with Crippen LogP contribution in [0.1, 0.15) is 19.8 Å². The number of carbonyl (C=O) groups is 1. The third-order valence-electron chi connectivity index (χ3n) is 3.91. The summed E-state index contributed by atoms with van der Waals surface area (Å²) in [5.41, 5.74) is 0. The van der Waals surface area contributed by atoms with Crippen molar-refractivity contribution in [2.75, 3.05) is 26.7 Å². The molecule has 0 aliphatic carbocycles. The fraction of sp³-hybridized carbons (Fsp3) is 0.909. The molecule has 2 aliphatic heterocycles. The van der Waals surface area contributed by atoms with E-state index >= 15 is 0 Å². The van der Waals surface area contributed by atoms with E-state index in [0.717, 1.165) is 19.4 Å². The Balaban J connectivity index is 2.10.